The average molecular weight is 403 g/mol. The van der Waals surface area contributed by atoms with E-state index in [1.54, 1.807) is 0 Å². The van der Waals surface area contributed by atoms with E-state index in [9.17, 15) is 0 Å². The molecule has 0 atom stereocenters. The van der Waals surface area contributed by atoms with Gasteiger partial charge in [-0.15, -0.1) is 0 Å². The molecule has 0 heterocycles. The Bertz CT molecular complexity index is 632. The number of hydrogen-bond acceptors (Lipinski definition) is 2. The van der Waals surface area contributed by atoms with Crippen molar-refractivity contribution in [3.63, 3.8) is 0 Å². The van der Waals surface area contributed by atoms with Gasteiger partial charge in [-0.2, -0.15) is 0 Å². The third-order valence-electron chi connectivity index (χ3n) is 3.30. The summed E-state index contributed by atoms with van der Waals surface area (Å²) in [6, 6.07) is 14.8. The molecule has 116 valence electrons. The highest BCUT2D eigenvalue weighted by atomic mass is 123. The maximum atomic E-state index is 5.70. The number of rotatable bonds is 6. The van der Waals surface area contributed by atoms with Gasteiger partial charge < -0.3 is 9.64 Å². The van der Waals surface area contributed by atoms with Gasteiger partial charge in [0, 0.05) is 19.8 Å². The van der Waals surface area contributed by atoms with Crippen LogP contribution in [-0.4, -0.2) is 20.7 Å². The minimum Gasteiger partial charge on any atom is -0.492 e. The number of anilines is 1. The van der Waals surface area contributed by atoms with E-state index in [-0.39, 0.29) is 0 Å². The number of halogens is 1. The fourth-order valence-electron chi connectivity index (χ4n) is 2.03. The van der Waals surface area contributed by atoms with Crippen LogP contribution in [-0.2, 0) is 0 Å². The molecule has 0 radical (unpaired) electrons. The number of benzene rings is 2. The molecule has 0 fully saturated rings. The Morgan fingerprint density at radius 2 is 1.64 bits per heavy atom. The molecule has 0 aliphatic carbocycles. The van der Waals surface area contributed by atoms with Crippen molar-refractivity contribution in [2.45, 2.75) is 13.3 Å². The van der Waals surface area contributed by atoms with Crippen molar-refractivity contribution in [1.82, 2.24) is 0 Å². The van der Waals surface area contributed by atoms with Crippen molar-refractivity contribution in [3.8, 4) is 5.75 Å². The summed E-state index contributed by atoms with van der Waals surface area (Å²) >= 11 is 2.33. The molecule has 2 aromatic rings. The van der Waals surface area contributed by atoms with E-state index in [0.717, 1.165) is 22.3 Å². The average Bonchev–Trinajstić information content (AvgIpc) is 2.52. The Morgan fingerprint density at radius 1 is 1.00 bits per heavy atom. The summed E-state index contributed by atoms with van der Waals surface area (Å²) in [7, 11) is 4.10. The van der Waals surface area contributed by atoms with E-state index < -0.39 is 0 Å². The van der Waals surface area contributed by atoms with Crippen molar-refractivity contribution in [2.75, 3.05) is 25.6 Å². The van der Waals surface area contributed by atoms with Crippen LogP contribution in [0.4, 0.5) is 5.69 Å². The number of hydrogen-bond donors (Lipinski definition) is 0. The first-order valence-corrected chi connectivity index (χ1v) is 8.56. The topological polar surface area (TPSA) is 12.5 Å². The SMILES string of the molecule is CCCOc1ccc(/C=C/c2ccc(N(C)C)cc2)cc1[123I]. The third-order valence-corrected chi connectivity index (χ3v) is 4.14. The fraction of sp³-hybridized carbons (Fsp3) is 0.263. The lowest BCUT2D eigenvalue weighted by atomic mass is 10.1. The molecule has 0 amide bonds. The van der Waals surface area contributed by atoms with Gasteiger partial charge in [-0.1, -0.05) is 37.3 Å². The highest BCUT2D eigenvalue weighted by Gasteiger charge is 2.01. The van der Waals surface area contributed by atoms with Gasteiger partial charge in [0.2, 0.25) is 0 Å². The van der Waals surface area contributed by atoms with Crippen LogP contribution in [0.2, 0.25) is 0 Å². The van der Waals surface area contributed by atoms with Gasteiger partial charge >= 0.3 is 0 Å². The van der Waals surface area contributed by atoms with Gasteiger partial charge in [0.25, 0.3) is 0 Å². The molecule has 2 rings (SSSR count). The molecular formula is C19H22INO. The Labute approximate surface area is 146 Å². The Kier molecular flexibility index (Phi) is 6.31. The Balaban J connectivity index is 2.07. The minimum atomic E-state index is 0.767. The standard InChI is InChI=1S/C19H22INO/c1-4-13-22-19-12-9-16(14-18(19)20)6-5-15-7-10-17(11-8-15)21(2)3/h5-12,14H,4,13H2,1-3H3/b6-5+/i20-4. The Hall–Kier alpha value is -1.49. The normalized spacial score (nSPS) is 10.9. The highest BCUT2D eigenvalue weighted by Crippen LogP contribution is 2.23. The zero-order valence-corrected chi connectivity index (χ0v) is 15.5. The fourth-order valence-corrected chi connectivity index (χ4v) is 2.72. The van der Waals surface area contributed by atoms with Crippen LogP contribution in [0.5, 0.6) is 5.75 Å². The number of ether oxygens (including phenoxy) is 1. The first-order chi connectivity index (χ1) is 10.6. The van der Waals surface area contributed by atoms with E-state index in [4.69, 9.17) is 4.74 Å². The molecule has 0 aliphatic rings. The van der Waals surface area contributed by atoms with Crippen LogP contribution in [0.25, 0.3) is 12.2 Å². The van der Waals surface area contributed by atoms with Gasteiger partial charge in [-0.3, -0.25) is 0 Å². The van der Waals surface area contributed by atoms with Gasteiger partial charge in [0.1, 0.15) is 5.75 Å². The predicted octanol–water partition coefficient (Wildman–Crippen LogP) is 5.32. The molecule has 0 saturated carbocycles. The first kappa shape index (κ1) is 16.9. The summed E-state index contributed by atoms with van der Waals surface area (Å²) in [6.45, 7) is 2.88. The third kappa shape index (κ3) is 4.77. The van der Waals surface area contributed by atoms with E-state index >= 15 is 0 Å². The maximum Gasteiger partial charge on any atom is 0.132 e. The lowest BCUT2D eigenvalue weighted by Crippen LogP contribution is -2.07. The quantitative estimate of drug-likeness (QED) is 0.479. The van der Waals surface area contributed by atoms with Gasteiger partial charge in [-0.05, 0) is 64.4 Å². The molecule has 0 bridgehead atoms. The Morgan fingerprint density at radius 3 is 2.23 bits per heavy atom. The maximum absolute atomic E-state index is 5.70. The van der Waals surface area contributed by atoms with Crippen LogP contribution in [0, 0.1) is 3.57 Å². The zero-order valence-electron chi connectivity index (χ0n) is 13.3. The summed E-state index contributed by atoms with van der Waals surface area (Å²) in [5.74, 6) is 0.968. The highest BCUT2D eigenvalue weighted by molar-refractivity contribution is 14.1. The van der Waals surface area contributed by atoms with Crippen LogP contribution >= 0.6 is 22.6 Å². The second-order valence-electron chi connectivity index (χ2n) is 5.36. The zero-order chi connectivity index (χ0) is 15.9. The lowest BCUT2D eigenvalue weighted by molar-refractivity contribution is 0.315. The smallest absolute Gasteiger partial charge is 0.132 e. The van der Waals surface area contributed by atoms with Crippen molar-refractivity contribution in [2.24, 2.45) is 0 Å². The van der Waals surface area contributed by atoms with Gasteiger partial charge in [0.05, 0.1) is 10.2 Å². The summed E-state index contributed by atoms with van der Waals surface area (Å²) < 4.78 is 6.85. The molecule has 0 aromatic heterocycles. The largest absolute Gasteiger partial charge is 0.492 e. The summed E-state index contributed by atoms with van der Waals surface area (Å²) in [5.41, 5.74) is 3.60. The van der Waals surface area contributed by atoms with E-state index in [1.807, 2.05) is 6.07 Å². The molecule has 2 aromatic carbocycles. The first-order valence-electron chi connectivity index (χ1n) is 7.48. The number of nitrogens with zero attached hydrogens (tertiary/aromatic N) is 1. The van der Waals surface area contributed by atoms with Crippen LogP contribution in [0.15, 0.2) is 42.5 Å². The minimum absolute atomic E-state index is 0.767. The second kappa shape index (κ2) is 8.22. The van der Waals surface area contributed by atoms with Crippen molar-refractivity contribution in [3.05, 3.63) is 57.2 Å². The molecule has 0 N–H and O–H groups in total. The second-order valence-corrected chi connectivity index (χ2v) is 6.52. The molecule has 0 spiro atoms. The monoisotopic (exact) mass is 403 g/mol. The summed E-state index contributed by atoms with van der Waals surface area (Å²) in [6.07, 6.45) is 5.30. The predicted molar refractivity (Wildman–Crippen MR) is 105 cm³/mol. The van der Waals surface area contributed by atoms with Crippen molar-refractivity contribution >= 4 is 40.4 Å². The van der Waals surface area contributed by atoms with Crippen molar-refractivity contribution in [1.29, 1.82) is 0 Å². The molecule has 3 heteroatoms. The summed E-state index contributed by atoms with van der Waals surface area (Å²) in [5, 5.41) is 0. The van der Waals surface area contributed by atoms with Crippen molar-refractivity contribution < 1.29 is 4.74 Å². The van der Waals surface area contributed by atoms with Crippen LogP contribution < -0.4 is 9.64 Å². The van der Waals surface area contributed by atoms with E-state index in [1.165, 1.54) is 16.8 Å². The molecule has 0 aliphatic heterocycles. The molecule has 2 nitrogen and oxygen atoms in total. The van der Waals surface area contributed by atoms with Gasteiger partial charge in [-0.25, -0.2) is 0 Å². The van der Waals surface area contributed by atoms with Gasteiger partial charge in [0.15, 0.2) is 0 Å². The van der Waals surface area contributed by atoms with E-state index in [0.29, 0.717) is 0 Å². The lowest BCUT2D eigenvalue weighted by Gasteiger charge is -2.11. The van der Waals surface area contributed by atoms with Crippen LogP contribution in [0.3, 0.4) is 0 Å². The van der Waals surface area contributed by atoms with Crippen LogP contribution in [0.1, 0.15) is 24.5 Å². The van der Waals surface area contributed by atoms with E-state index in [2.05, 4.69) is 97.1 Å². The molecular weight excluding hydrogens is 381 g/mol. The molecule has 0 unspecified atom stereocenters. The summed E-state index contributed by atoms with van der Waals surface area (Å²) in [4.78, 5) is 2.10. The molecule has 0 saturated heterocycles. The molecule has 22 heavy (non-hydrogen) atoms.